The molecule has 0 aliphatic carbocycles. The number of carbonyl (C=O) groups is 1. The third-order valence-electron chi connectivity index (χ3n) is 5.15. The maximum absolute atomic E-state index is 12.9. The van der Waals surface area contributed by atoms with Gasteiger partial charge in [-0.3, -0.25) is 9.69 Å². The van der Waals surface area contributed by atoms with Crippen LogP contribution in [-0.2, 0) is 9.53 Å². The van der Waals surface area contributed by atoms with Crippen molar-refractivity contribution in [2.24, 2.45) is 0 Å². The first-order valence-electron chi connectivity index (χ1n) is 9.59. The van der Waals surface area contributed by atoms with Crippen molar-refractivity contribution in [1.29, 1.82) is 0 Å². The van der Waals surface area contributed by atoms with E-state index in [4.69, 9.17) is 16.3 Å². The van der Waals surface area contributed by atoms with Crippen LogP contribution in [0.2, 0.25) is 5.02 Å². The molecule has 1 aliphatic rings. The summed E-state index contributed by atoms with van der Waals surface area (Å²) in [5.74, 6) is -0.0724. The lowest BCUT2D eigenvalue weighted by molar-refractivity contribution is -0.123. The van der Waals surface area contributed by atoms with E-state index < -0.39 is 0 Å². The number of carbonyl (C=O) groups excluding carboxylic acids is 1. The van der Waals surface area contributed by atoms with E-state index in [2.05, 4.69) is 10.2 Å². The molecule has 144 valence electrons. The Morgan fingerprint density at radius 3 is 2.44 bits per heavy atom. The van der Waals surface area contributed by atoms with Crippen molar-refractivity contribution in [3.8, 4) is 0 Å². The summed E-state index contributed by atoms with van der Waals surface area (Å²) in [6.07, 6.45) is 0.768. The molecule has 2 atom stereocenters. The molecule has 0 radical (unpaired) electrons. The lowest BCUT2D eigenvalue weighted by Gasteiger charge is -2.35. The molecule has 0 spiro atoms. The van der Waals surface area contributed by atoms with Gasteiger partial charge in [0.05, 0.1) is 25.2 Å². The van der Waals surface area contributed by atoms with Gasteiger partial charge in [-0.25, -0.2) is 0 Å². The first-order chi connectivity index (χ1) is 13.2. The molecule has 1 aliphatic heterocycles. The number of halogens is 1. The summed E-state index contributed by atoms with van der Waals surface area (Å²) in [5.41, 5.74) is 2.10. The van der Waals surface area contributed by atoms with Crippen molar-refractivity contribution in [3.05, 3.63) is 70.7 Å². The number of rotatable bonds is 7. The summed E-state index contributed by atoms with van der Waals surface area (Å²) in [6, 6.07) is 17.9. The number of nitrogens with zero attached hydrogens (tertiary/aromatic N) is 1. The van der Waals surface area contributed by atoms with Crippen LogP contribution in [0.4, 0.5) is 0 Å². The fourth-order valence-electron chi connectivity index (χ4n) is 3.65. The Morgan fingerprint density at radius 2 is 1.78 bits per heavy atom. The van der Waals surface area contributed by atoms with Gasteiger partial charge in [-0.15, -0.1) is 0 Å². The van der Waals surface area contributed by atoms with E-state index in [1.807, 2.05) is 61.5 Å². The predicted molar refractivity (Wildman–Crippen MR) is 109 cm³/mol. The van der Waals surface area contributed by atoms with E-state index in [-0.39, 0.29) is 17.9 Å². The first kappa shape index (κ1) is 19.9. The van der Waals surface area contributed by atoms with Crippen LogP contribution in [0.3, 0.4) is 0 Å². The summed E-state index contributed by atoms with van der Waals surface area (Å²) >= 11 is 6.47. The molecule has 2 aromatic rings. The summed E-state index contributed by atoms with van der Waals surface area (Å²) in [6.45, 7) is 5.66. The standard InChI is InChI=1S/C22H27ClN2O2/c1-2-18(17-8-4-3-5-9-17)22(26)24-16-21(25-12-14-27-15-13-25)19-10-6-7-11-20(19)23/h3-11,18,21H,2,12-16H2,1H3,(H,24,26)/t18-,21-/m1/s1. The molecule has 2 aromatic carbocycles. The maximum atomic E-state index is 12.9. The summed E-state index contributed by atoms with van der Waals surface area (Å²) in [7, 11) is 0. The summed E-state index contributed by atoms with van der Waals surface area (Å²) in [4.78, 5) is 15.2. The van der Waals surface area contributed by atoms with Gasteiger partial charge in [0.15, 0.2) is 0 Å². The molecule has 4 nitrogen and oxygen atoms in total. The number of hydrogen-bond acceptors (Lipinski definition) is 3. The molecule has 0 aromatic heterocycles. The molecule has 1 fully saturated rings. The van der Waals surface area contributed by atoms with Gasteiger partial charge < -0.3 is 10.1 Å². The van der Waals surface area contributed by atoms with Crippen LogP contribution < -0.4 is 5.32 Å². The third-order valence-corrected chi connectivity index (χ3v) is 5.49. The number of morpholine rings is 1. The fourth-order valence-corrected chi connectivity index (χ4v) is 3.91. The molecule has 1 heterocycles. The van der Waals surface area contributed by atoms with E-state index in [9.17, 15) is 4.79 Å². The first-order valence-corrected chi connectivity index (χ1v) is 9.97. The smallest absolute Gasteiger partial charge is 0.227 e. The highest BCUT2D eigenvalue weighted by atomic mass is 35.5. The molecule has 0 unspecified atom stereocenters. The summed E-state index contributed by atoms with van der Waals surface area (Å²) < 4.78 is 5.49. The fraction of sp³-hybridized carbons (Fsp3) is 0.409. The topological polar surface area (TPSA) is 41.6 Å². The van der Waals surface area contributed by atoms with Crippen molar-refractivity contribution in [3.63, 3.8) is 0 Å². The highest BCUT2D eigenvalue weighted by Crippen LogP contribution is 2.28. The van der Waals surface area contributed by atoms with E-state index in [0.717, 1.165) is 35.7 Å². The highest BCUT2D eigenvalue weighted by Gasteiger charge is 2.26. The number of nitrogens with one attached hydrogen (secondary N) is 1. The molecule has 1 saturated heterocycles. The number of hydrogen-bond donors (Lipinski definition) is 1. The molecule has 27 heavy (non-hydrogen) atoms. The predicted octanol–water partition coefficient (Wildman–Crippen LogP) is 4.02. The van der Waals surface area contributed by atoms with Gasteiger partial charge in [0, 0.05) is 24.7 Å². The number of ether oxygens (including phenoxy) is 1. The van der Waals surface area contributed by atoms with Crippen LogP contribution in [-0.4, -0.2) is 43.7 Å². The number of benzene rings is 2. The van der Waals surface area contributed by atoms with Crippen LogP contribution in [0.15, 0.2) is 54.6 Å². The lowest BCUT2D eigenvalue weighted by Crippen LogP contribution is -2.44. The van der Waals surface area contributed by atoms with Crippen molar-refractivity contribution >= 4 is 17.5 Å². The second-order valence-corrected chi connectivity index (χ2v) is 7.21. The third kappa shape index (κ3) is 5.10. The summed E-state index contributed by atoms with van der Waals surface area (Å²) in [5, 5.41) is 3.91. The van der Waals surface area contributed by atoms with Crippen LogP contribution in [0.25, 0.3) is 0 Å². The molecular weight excluding hydrogens is 360 g/mol. The molecule has 0 bridgehead atoms. The maximum Gasteiger partial charge on any atom is 0.227 e. The van der Waals surface area contributed by atoms with E-state index >= 15 is 0 Å². The van der Waals surface area contributed by atoms with Crippen molar-refractivity contribution in [1.82, 2.24) is 10.2 Å². The van der Waals surface area contributed by atoms with E-state index in [1.54, 1.807) is 0 Å². The second-order valence-electron chi connectivity index (χ2n) is 6.80. The van der Waals surface area contributed by atoms with Gasteiger partial charge in [-0.05, 0) is 23.6 Å². The van der Waals surface area contributed by atoms with Gasteiger partial charge in [-0.1, -0.05) is 67.1 Å². The molecule has 0 saturated carbocycles. The molecule has 5 heteroatoms. The zero-order valence-electron chi connectivity index (χ0n) is 15.7. The Bertz CT molecular complexity index is 732. The Hall–Kier alpha value is -1.88. The SMILES string of the molecule is CC[C@@H](C(=O)NC[C@H](c1ccccc1Cl)N1CCOCC1)c1ccccc1. The highest BCUT2D eigenvalue weighted by molar-refractivity contribution is 6.31. The van der Waals surface area contributed by atoms with Crippen LogP contribution in [0, 0.1) is 0 Å². The van der Waals surface area contributed by atoms with Crippen LogP contribution in [0.5, 0.6) is 0 Å². The van der Waals surface area contributed by atoms with Gasteiger partial charge in [0.1, 0.15) is 0 Å². The molecular formula is C22H27ClN2O2. The zero-order chi connectivity index (χ0) is 19.1. The zero-order valence-corrected chi connectivity index (χ0v) is 16.5. The lowest BCUT2D eigenvalue weighted by atomic mass is 9.95. The normalized spacial score (nSPS) is 17.3. The minimum absolute atomic E-state index is 0.0415. The minimum Gasteiger partial charge on any atom is -0.379 e. The second kappa shape index (κ2) is 9.88. The van der Waals surface area contributed by atoms with E-state index in [0.29, 0.717) is 19.8 Å². The average molecular weight is 387 g/mol. The largest absolute Gasteiger partial charge is 0.379 e. The Labute approximate surface area is 166 Å². The average Bonchev–Trinajstić information content (AvgIpc) is 2.71. The quantitative estimate of drug-likeness (QED) is 0.781. The van der Waals surface area contributed by atoms with Gasteiger partial charge in [0.2, 0.25) is 5.91 Å². The Morgan fingerprint density at radius 1 is 1.11 bits per heavy atom. The van der Waals surface area contributed by atoms with Crippen molar-refractivity contribution < 1.29 is 9.53 Å². The van der Waals surface area contributed by atoms with Crippen molar-refractivity contribution in [2.75, 3.05) is 32.8 Å². The Balaban J connectivity index is 1.74. The van der Waals surface area contributed by atoms with Crippen molar-refractivity contribution in [2.45, 2.75) is 25.3 Å². The van der Waals surface area contributed by atoms with Gasteiger partial charge >= 0.3 is 0 Å². The molecule has 1 amide bonds. The van der Waals surface area contributed by atoms with Crippen LogP contribution >= 0.6 is 11.6 Å². The van der Waals surface area contributed by atoms with E-state index in [1.165, 1.54) is 0 Å². The molecule has 3 rings (SSSR count). The monoisotopic (exact) mass is 386 g/mol. The van der Waals surface area contributed by atoms with Gasteiger partial charge in [0.25, 0.3) is 0 Å². The van der Waals surface area contributed by atoms with Crippen LogP contribution in [0.1, 0.15) is 36.4 Å². The van der Waals surface area contributed by atoms with Gasteiger partial charge in [-0.2, -0.15) is 0 Å². The molecule has 1 N–H and O–H groups in total. The Kier molecular flexibility index (Phi) is 7.27. The minimum atomic E-state index is -0.136. The number of amides is 1.